The summed E-state index contributed by atoms with van der Waals surface area (Å²) in [7, 11) is 1.65. The molecule has 134 valence electrons. The number of H-pyrrole nitrogens is 1. The molecule has 6 heteroatoms. The number of nitrogens with one attached hydrogen (secondary N) is 1. The largest absolute Gasteiger partial charge is 0.497 e. The maximum absolute atomic E-state index is 13.0. The van der Waals surface area contributed by atoms with Gasteiger partial charge in [0.25, 0.3) is 5.91 Å². The fraction of sp³-hybridized carbons (Fsp3) is 0.300. The van der Waals surface area contributed by atoms with Gasteiger partial charge in [-0.3, -0.25) is 9.89 Å². The number of likely N-dealkylation sites (tertiary alicyclic amines) is 1. The van der Waals surface area contributed by atoms with Gasteiger partial charge in [-0.2, -0.15) is 5.10 Å². The van der Waals surface area contributed by atoms with Crippen molar-refractivity contribution in [1.29, 1.82) is 0 Å². The van der Waals surface area contributed by atoms with Gasteiger partial charge in [-0.15, -0.1) is 0 Å². The highest BCUT2D eigenvalue weighted by atomic mass is 16.5. The van der Waals surface area contributed by atoms with E-state index < -0.39 is 0 Å². The standard InChI is InChI=1S/C20H21N3O3/c1-13-8-9-19(26-13)16-12-17(22-21-16)20(24)23-10-4-7-18(23)14-5-3-6-15(11-14)25-2/h3,5-6,8-9,11-12,18H,4,7,10H2,1-2H3,(H,21,22). The molecule has 1 amide bonds. The van der Waals surface area contributed by atoms with Crippen molar-refractivity contribution in [2.45, 2.75) is 25.8 Å². The summed E-state index contributed by atoms with van der Waals surface area (Å²) in [4.78, 5) is 14.9. The molecule has 1 aromatic carbocycles. The number of carbonyl (C=O) groups is 1. The number of nitrogens with zero attached hydrogens (tertiary/aromatic N) is 2. The maximum Gasteiger partial charge on any atom is 0.274 e. The highest BCUT2D eigenvalue weighted by Crippen LogP contribution is 2.34. The van der Waals surface area contributed by atoms with Crippen LogP contribution in [0.25, 0.3) is 11.5 Å². The zero-order valence-electron chi connectivity index (χ0n) is 14.9. The number of carbonyl (C=O) groups excluding carboxylic acids is 1. The Bertz CT molecular complexity index is 928. The molecule has 0 spiro atoms. The van der Waals surface area contributed by atoms with Crippen molar-refractivity contribution in [2.75, 3.05) is 13.7 Å². The second-order valence-electron chi connectivity index (χ2n) is 6.51. The van der Waals surface area contributed by atoms with Crippen LogP contribution in [0.4, 0.5) is 0 Å². The normalized spacial score (nSPS) is 16.8. The maximum atomic E-state index is 13.0. The lowest BCUT2D eigenvalue weighted by molar-refractivity contribution is 0.0729. The van der Waals surface area contributed by atoms with Crippen LogP contribution in [0, 0.1) is 6.92 Å². The van der Waals surface area contributed by atoms with Crippen molar-refractivity contribution in [3.8, 4) is 17.2 Å². The molecule has 6 nitrogen and oxygen atoms in total. The summed E-state index contributed by atoms with van der Waals surface area (Å²) < 4.78 is 10.9. The van der Waals surface area contributed by atoms with E-state index in [-0.39, 0.29) is 11.9 Å². The van der Waals surface area contributed by atoms with E-state index in [1.165, 1.54) is 0 Å². The lowest BCUT2D eigenvalue weighted by atomic mass is 10.0. The predicted molar refractivity (Wildman–Crippen MR) is 97.0 cm³/mol. The molecule has 0 saturated carbocycles. The summed E-state index contributed by atoms with van der Waals surface area (Å²) in [6.07, 6.45) is 1.91. The number of hydrogen-bond acceptors (Lipinski definition) is 4. The van der Waals surface area contributed by atoms with Gasteiger partial charge in [-0.1, -0.05) is 12.1 Å². The molecular formula is C20H21N3O3. The topological polar surface area (TPSA) is 71.4 Å². The molecule has 1 aliphatic rings. The summed E-state index contributed by atoms with van der Waals surface area (Å²) in [6.45, 7) is 2.61. The number of aryl methyl sites for hydroxylation is 1. The number of rotatable bonds is 4. The Morgan fingerprint density at radius 2 is 2.19 bits per heavy atom. The van der Waals surface area contributed by atoms with E-state index in [1.54, 1.807) is 13.2 Å². The molecule has 0 bridgehead atoms. The third-order valence-corrected chi connectivity index (χ3v) is 4.80. The predicted octanol–water partition coefficient (Wildman–Crippen LogP) is 3.96. The van der Waals surface area contributed by atoms with Crippen LogP contribution in [0.3, 0.4) is 0 Å². The number of ether oxygens (including phenoxy) is 1. The fourth-order valence-corrected chi connectivity index (χ4v) is 3.49. The molecule has 1 unspecified atom stereocenters. The van der Waals surface area contributed by atoms with Gasteiger partial charge in [0.05, 0.1) is 13.2 Å². The average Bonchev–Trinajstić information content (AvgIpc) is 3.41. The average molecular weight is 351 g/mol. The van der Waals surface area contributed by atoms with Crippen molar-refractivity contribution in [3.05, 3.63) is 59.5 Å². The molecule has 4 rings (SSSR count). The van der Waals surface area contributed by atoms with Gasteiger partial charge in [-0.05, 0) is 49.6 Å². The molecule has 1 aliphatic heterocycles. The smallest absolute Gasteiger partial charge is 0.274 e. The van der Waals surface area contributed by atoms with Crippen LogP contribution in [0.2, 0.25) is 0 Å². The molecule has 1 saturated heterocycles. The monoisotopic (exact) mass is 351 g/mol. The number of aromatic amines is 1. The van der Waals surface area contributed by atoms with Gasteiger partial charge in [0.15, 0.2) is 11.5 Å². The quantitative estimate of drug-likeness (QED) is 0.772. The molecule has 1 atom stereocenters. The molecule has 26 heavy (non-hydrogen) atoms. The summed E-state index contributed by atoms with van der Waals surface area (Å²) >= 11 is 0. The lowest BCUT2D eigenvalue weighted by Gasteiger charge is -2.24. The van der Waals surface area contributed by atoms with Crippen molar-refractivity contribution in [2.24, 2.45) is 0 Å². The van der Waals surface area contributed by atoms with Crippen molar-refractivity contribution >= 4 is 5.91 Å². The van der Waals surface area contributed by atoms with E-state index in [0.717, 1.165) is 36.5 Å². The van der Waals surface area contributed by atoms with Gasteiger partial charge < -0.3 is 14.1 Å². The van der Waals surface area contributed by atoms with Crippen LogP contribution in [0.15, 0.2) is 46.9 Å². The minimum Gasteiger partial charge on any atom is -0.497 e. The minimum atomic E-state index is -0.0684. The molecule has 3 aromatic rings. The number of benzene rings is 1. The van der Waals surface area contributed by atoms with Gasteiger partial charge >= 0.3 is 0 Å². The lowest BCUT2D eigenvalue weighted by Crippen LogP contribution is -2.30. The SMILES string of the molecule is COc1cccc(C2CCCN2C(=O)c2cc(-c3ccc(C)o3)[nH]n2)c1. The van der Waals surface area contributed by atoms with Gasteiger partial charge in [0.1, 0.15) is 17.2 Å². The third-order valence-electron chi connectivity index (χ3n) is 4.80. The Morgan fingerprint density at radius 1 is 1.31 bits per heavy atom. The molecule has 0 radical (unpaired) electrons. The van der Waals surface area contributed by atoms with E-state index in [2.05, 4.69) is 10.2 Å². The van der Waals surface area contributed by atoms with Crippen LogP contribution < -0.4 is 4.74 Å². The number of aromatic nitrogens is 2. The zero-order chi connectivity index (χ0) is 18.1. The Labute approximate surface area is 151 Å². The summed E-state index contributed by atoms with van der Waals surface area (Å²) in [5.74, 6) is 2.23. The van der Waals surface area contributed by atoms with Gasteiger partial charge in [-0.25, -0.2) is 0 Å². The van der Waals surface area contributed by atoms with Crippen molar-refractivity contribution in [1.82, 2.24) is 15.1 Å². The Hall–Kier alpha value is -3.02. The van der Waals surface area contributed by atoms with E-state index in [9.17, 15) is 4.79 Å². The summed E-state index contributed by atoms with van der Waals surface area (Å²) in [6, 6.07) is 13.5. The minimum absolute atomic E-state index is 0.0450. The first kappa shape index (κ1) is 16.4. The molecule has 2 aromatic heterocycles. The zero-order valence-corrected chi connectivity index (χ0v) is 14.9. The number of furan rings is 1. The van der Waals surface area contributed by atoms with Crippen LogP contribution in [-0.2, 0) is 0 Å². The highest BCUT2D eigenvalue weighted by Gasteiger charge is 2.32. The Kier molecular flexibility index (Phi) is 4.24. The van der Waals surface area contributed by atoms with Crippen LogP contribution in [0.5, 0.6) is 5.75 Å². The van der Waals surface area contributed by atoms with Crippen LogP contribution in [-0.4, -0.2) is 34.7 Å². The number of methoxy groups -OCH3 is 1. The van der Waals surface area contributed by atoms with E-state index >= 15 is 0 Å². The van der Waals surface area contributed by atoms with Gasteiger partial charge in [0.2, 0.25) is 0 Å². The second kappa shape index (κ2) is 6.71. The first-order chi connectivity index (χ1) is 12.7. The molecule has 1 fully saturated rings. The van der Waals surface area contributed by atoms with E-state index in [1.807, 2.05) is 48.2 Å². The highest BCUT2D eigenvalue weighted by molar-refractivity contribution is 5.93. The Balaban J connectivity index is 1.58. The van der Waals surface area contributed by atoms with E-state index in [4.69, 9.17) is 9.15 Å². The summed E-state index contributed by atoms with van der Waals surface area (Å²) in [5, 5.41) is 7.11. The Morgan fingerprint density at radius 3 is 2.96 bits per heavy atom. The van der Waals surface area contributed by atoms with Gasteiger partial charge in [0, 0.05) is 12.6 Å². The summed E-state index contributed by atoms with van der Waals surface area (Å²) in [5.41, 5.74) is 2.20. The second-order valence-corrected chi connectivity index (χ2v) is 6.51. The van der Waals surface area contributed by atoms with Crippen molar-refractivity contribution in [3.63, 3.8) is 0 Å². The van der Waals surface area contributed by atoms with Crippen molar-refractivity contribution < 1.29 is 13.9 Å². The molecule has 3 heterocycles. The first-order valence-corrected chi connectivity index (χ1v) is 8.73. The molecular weight excluding hydrogens is 330 g/mol. The number of hydrogen-bond donors (Lipinski definition) is 1. The number of amides is 1. The van der Waals surface area contributed by atoms with Crippen LogP contribution in [0.1, 0.15) is 40.7 Å². The first-order valence-electron chi connectivity index (χ1n) is 8.73. The van der Waals surface area contributed by atoms with E-state index in [0.29, 0.717) is 17.1 Å². The molecule has 0 aliphatic carbocycles. The molecule has 1 N–H and O–H groups in total. The van der Waals surface area contributed by atoms with Crippen LogP contribution >= 0.6 is 0 Å². The third kappa shape index (κ3) is 2.98. The fourth-order valence-electron chi connectivity index (χ4n) is 3.49.